The monoisotopic (exact) mass is 343 g/mol. The molecular formula is C23H21NO2. The van der Waals surface area contributed by atoms with Crippen LogP contribution in [0, 0.1) is 6.92 Å². The first-order valence-corrected chi connectivity index (χ1v) is 8.48. The highest BCUT2D eigenvalue weighted by Gasteiger charge is 2.09. The number of aryl methyl sites for hydroxylation is 1. The fourth-order valence-corrected chi connectivity index (χ4v) is 2.29. The molecular weight excluding hydrogens is 322 g/mol. The van der Waals surface area contributed by atoms with E-state index in [0.717, 1.165) is 28.3 Å². The minimum Gasteiger partial charge on any atom is -0.465 e. The highest BCUT2D eigenvalue weighted by molar-refractivity contribution is 5.96. The zero-order valence-corrected chi connectivity index (χ0v) is 14.9. The summed E-state index contributed by atoms with van der Waals surface area (Å²) in [6.45, 7) is 3.93. The van der Waals surface area contributed by atoms with Gasteiger partial charge >= 0.3 is 0 Å². The molecule has 0 aliphatic rings. The predicted molar refractivity (Wildman–Crippen MR) is 106 cm³/mol. The number of rotatable bonds is 5. The maximum atomic E-state index is 6.10. The van der Waals surface area contributed by atoms with Crippen LogP contribution in [0.2, 0.25) is 0 Å². The van der Waals surface area contributed by atoms with E-state index in [0.29, 0.717) is 5.90 Å². The Labute approximate surface area is 154 Å². The van der Waals surface area contributed by atoms with Crippen LogP contribution < -0.4 is 9.47 Å². The zero-order chi connectivity index (χ0) is 18.2. The standard InChI is InChI=1S/C23H21NO2/c1-18-11-9-10-16-22(18)26-23(24-20-12-5-3-6-13-20)19(2)17-25-21-14-7-4-8-15-21/h3-17H,1-2H3. The minimum absolute atomic E-state index is 0.501. The second kappa shape index (κ2) is 8.67. The van der Waals surface area contributed by atoms with Crippen LogP contribution in [0.3, 0.4) is 0 Å². The van der Waals surface area contributed by atoms with Gasteiger partial charge in [0, 0.05) is 5.57 Å². The number of hydrogen-bond donors (Lipinski definition) is 0. The van der Waals surface area contributed by atoms with Gasteiger partial charge in [-0.2, -0.15) is 0 Å². The Morgan fingerprint density at radius 3 is 2.12 bits per heavy atom. The summed E-state index contributed by atoms with van der Waals surface area (Å²) >= 11 is 0. The molecule has 0 spiro atoms. The first-order valence-electron chi connectivity index (χ1n) is 8.48. The van der Waals surface area contributed by atoms with E-state index in [1.54, 1.807) is 6.26 Å². The van der Waals surface area contributed by atoms with Gasteiger partial charge in [-0.1, -0.05) is 54.6 Å². The van der Waals surface area contributed by atoms with Crippen molar-refractivity contribution in [2.45, 2.75) is 13.8 Å². The molecule has 0 heterocycles. The van der Waals surface area contributed by atoms with Crippen LogP contribution >= 0.6 is 0 Å². The molecule has 3 rings (SSSR count). The Kier molecular flexibility index (Phi) is 5.84. The molecule has 3 aromatic carbocycles. The number of para-hydroxylation sites is 3. The topological polar surface area (TPSA) is 30.8 Å². The number of benzene rings is 3. The molecule has 3 aromatic rings. The summed E-state index contributed by atoms with van der Waals surface area (Å²) in [5, 5.41) is 0. The van der Waals surface area contributed by atoms with E-state index in [2.05, 4.69) is 4.99 Å². The summed E-state index contributed by atoms with van der Waals surface area (Å²) in [4.78, 5) is 4.65. The molecule has 0 N–H and O–H groups in total. The maximum absolute atomic E-state index is 6.10. The summed E-state index contributed by atoms with van der Waals surface area (Å²) < 4.78 is 11.8. The molecule has 0 radical (unpaired) electrons. The summed E-state index contributed by atoms with van der Waals surface area (Å²) in [6.07, 6.45) is 1.66. The lowest BCUT2D eigenvalue weighted by Gasteiger charge is -2.12. The lowest BCUT2D eigenvalue weighted by molar-refractivity contribution is 0.473. The number of hydrogen-bond acceptors (Lipinski definition) is 3. The Balaban J connectivity index is 1.89. The van der Waals surface area contributed by atoms with E-state index in [9.17, 15) is 0 Å². The Hall–Kier alpha value is -3.33. The third-order valence-electron chi connectivity index (χ3n) is 3.74. The molecule has 0 atom stereocenters. The van der Waals surface area contributed by atoms with Crippen molar-refractivity contribution in [1.82, 2.24) is 0 Å². The summed E-state index contributed by atoms with van der Waals surface area (Å²) in [7, 11) is 0. The average molecular weight is 343 g/mol. The third-order valence-corrected chi connectivity index (χ3v) is 3.74. The molecule has 0 aliphatic heterocycles. The van der Waals surface area contributed by atoms with Crippen LogP contribution in [-0.2, 0) is 0 Å². The van der Waals surface area contributed by atoms with Crippen molar-refractivity contribution < 1.29 is 9.47 Å². The van der Waals surface area contributed by atoms with E-state index >= 15 is 0 Å². The third kappa shape index (κ3) is 4.84. The van der Waals surface area contributed by atoms with Crippen molar-refractivity contribution in [3.8, 4) is 11.5 Å². The second-order valence-corrected chi connectivity index (χ2v) is 5.85. The quantitative estimate of drug-likeness (QED) is 0.319. The Morgan fingerprint density at radius 2 is 1.42 bits per heavy atom. The molecule has 0 unspecified atom stereocenters. The van der Waals surface area contributed by atoms with Gasteiger partial charge in [0.1, 0.15) is 11.5 Å². The molecule has 0 fully saturated rings. The van der Waals surface area contributed by atoms with Gasteiger partial charge in [0.15, 0.2) is 0 Å². The first kappa shape index (κ1) is 17.5. The van der Waals surface area contributed by atoms with Gasteiger partial charge in [-0.15, -0.1) is 0 Å². The van der Waals surface area contributed by atoms with Crippen molar-refractivity contribution >= 4 is 11.6 Å². The van der Waals surface area contributed by atoms with Gasteiger partial charge in [0.2, 0.25) is 5.90 Å². The van der Waals surface area contributed by atoms with Crippen LogP contribution in [0.25, 0.3) is 0 Å². The molecule has 3 heteroatoms. The van der Waals surface area contributed by atoms with Gasteiger partial charge in [-0.3, -0.25) is 0 Å². The van der Waals surface area contributed by atoms with Crippen molar-refractivity contribution in [3.05, 3.63) is 102 Å². The highest BCUT2D eigenvalue weighted by Crippen LogP contribution is 2.21. The maximum Gasteiger partial charge on any atom is 0.225 e. The Bertz CT molecular complexity index is 900. The predicted octanol–water partition coefficient (Wildman–Crippen LogP) is 6.09. The molecule has 0 saturated heterocycles. The van der Waals surface area contributed by atoms with Gasteiger partial charge in [0.25, 0.3) is 0 Å². The molecule has 0 saturated carbocycles. The summed E-state index contributed by atoms with van der Waals surface area (Å²) in [5.74, 6) is 2.04. The van der Waals surface area contributed by atoms with Crippen LogP contribution in [-0.4, -0.2) is 5.90 Å². The van der Waals surface area contributed by atoms with Crippen molar-refractivity contribution in [3.63, 3.8) is 0 Å². The molecule has 0 bridgehead atoms. The number of aliphatic imine (C=N–C) groups is 1. The van der Waals surface area contributed by atoms with E-state index in [1.165, 1.54) is 0 Å². The molecule has 130 valence electrons. The second-order valence-electron chi connectivity index (χ2n) is 5.85. The SMILES string of the molecule is CC(=COc1ccccc1)C(=Nc1ccccc1)Oc1ccccc1C. The summed E-state index contributed by atoms with van der Waals surface area (Å²) in [6, 6.07) is 27.2. The van der Waals surface area contributed by atoms with Crippen molar-refractivity contribution in [2.75, 3.05) is 0 Å². The highest BCUT2D eigenvalue weighted by atomic mass is 16.5. The van der Waals surface area contributed by atoms with Crippen molar-refractivity contribution in [1.29, 1.82) is 0 Å². The smallest absolute Gasteiger partial charge is 0.225 e. The molecule has 0 aromatic heterocycles. The molecule has 0 aliphatic carbocycles. The van der Waals surface area contributed by atoms with E-state index in [1.807, 2.05) is 98.8 Å². The van der Waals surface area contributed by atoms with E-state index in [4.69, 9.17) is 9.47 Å². The normalized spacial score (nSPS) is 11.9. The first-order chi connectivity index (χ1) is 12.7. The van der Waals surface area contributed by atoms with Crippen LogP contribution in [0.5, 0.6) is 11.5 Å². The van der Waals surface area contributed by atoms with Crippen LogP contribution in [0.1, 0.15) is 12.5 Å². The largest absolute Gasteiger partial charge is 0.465 e. The summed E-state index contributed by atoms with van der Waals surface area (Å²) in [5.41, 5.74) is 2.66. The minimum atomic E-state index is 0.501. The van der Waals surface area contributed by atoms with Gasteiger partial charge in [-0.05, 0) is 49.7 Å². The molecule has 3 nitrogen and oxygen atoms in total. The number of ether oxygens (including phenoxy) is 2. The fourth-order valence-electron chi connectivity index (χ4n) is 2.29. The van der Waals surface area contributed by atoms with Crippen LogP contribution in [0.4, 0.5) is 5.69 Å². The van der Waals surface area contributed by atoms with Gasteiger partial charge in [-0.25, -0.2) is 4.99 Å². The lowest BCUT2D eigenvalue weighted by atomic mass is 10.2. The van der Waals surface area contributed by atoms with E-state index < -0.39 is 0 Å². The van der Waals surface area contributed by atoms with E-state index in [-0.39, 0.29) is 0 Å². The Morgan fingerprint density at radius 1 is 0.808 bits per heavy atom. The van der Waals surface area contributed by atoms with Crippen LogP contribution in [0.15, 0.2) is 102 Å². The zero-order valence-electron chi connectivity index (χ0n) is 14.9. The fraction of sp³-hybridized carbons (Fsp3) is 0.0870. The molecule has 0 amide bonds. The average Bonchev–Trinajstić information content (AvgIpc) is 2.69. The van der Waals surface area contributed by atoms with Gasteiger partial charge in [0.05, 0.1) is 11.9 Å². The van der Waals surface area contributed by atoms with Gasteiger partial charge < -0.3 is 9.47 Å². The van der Waals surface area contributed by atoms with Crippen molar-refractivity contribution in [2.24, 2.45) is 4.99 Å². The number of nitrogens with zero attached hydrogens (tertiary/aromatic N) is 1. The molecule has 26 heavy (non-hydrogen) atoms. The lowest BCUT2D eigenvalue weighted by Crippen LogP contribution is -2.11.